The molecule has 0 aliphatic heterocycles. The number of ether oxygens (including phenoxy) is 3. The van der Waals surface area contributed by atoms with E-state index in [-0.39, 0.29) is 11.9 Å². The molecule has 0 spiro atoms. The van der Waals surface area contributed by atoms with Gasteiger partial charge in [0.15, 0.2) is 11.5 Å². The van der Waals surface area contributed by atoms with Gasteiger partial charge in [-0.25, -0.2) is 0 Å². The van der Waals surface area contributed by atoms with Crippen LogP contribution in [0.4, 0.5) is 0 Å². The average molecular weight is 475 g/mol. The SMILES string of the molecule is CCCCC(Cc1cccc(OCCc2ccccc2)c1OCCc1ccccc1)C(=O)OCC. The van der Waals surface area contributed by atoms with E-state index in [0.717, 1.165) is 49.2 Å². The second-order valence-electron chi connectivity index (χ2n) is 8.71. The fourth-order valence-corrected chi connectivity index (χ4v) is 4.12. The molecule has 3 aromatic carbocycles. The number of hydrogen-bond acceptors (Lipinski definition) is 4. The van der Waals surface area contributed by atoms with Crippen LogP contribution in [0, 0.1) is 5.92 Å². The van der Waals surface area contributed by atoms with Crippen molar-refractivity contribution >= 4 is 5.97 Å². The fraction of sp³-hybridized carbons (Fsp3) is 0.387. The zero-order valence-electron chi connectivity index (χ0n) is 21.1. The number of unbranched alkanes of at least 4 members (excludes halogenated alkanes) is 1. The van der Waals surface area contributed by atoms with Crippen LogP contribution in [-0.4, -0.2) is 25.8 Å². The van der Waals surface area contributed by atoms with Gasteiger partial charge in [0.25, 0.3) is 0 Å². The maximum atomic E-state index is 12.7. The van der Waals surface area contributed by atoms with E-state index >= 15 is 0 Å². The van der Waals surface area contributed by atoms with Gasteiger partial charge in [-0.15, -0.1) is 0 Å². The van der Waals surface area contributed by atoms with E-state index in [9.17, 15) is 4.79 Å². The van der Waals surface area contributed by atoms with Crippen molar-refractivity contribution in [3.8, 4) is 11.5 Å². The van der Waals surface area contributed by atoms with E-state index in [0.29, 0.717) is 26.2 Å². The number of esters is 1. The summed E-state index contributed by atoms with van der Waals surface area (Å²) in [7, 11) is 0. The molecule has 1 unspecified atom stereocenters. The number of para-hydroxylation sites is 1. The number of benzene rings is 3. The average Bonchev–Trinajstić information content (AvgIpc) is 2.89. The molecule has 0 saturated heterocycles. The minimum absolute atomic E-state index is 0.133. The third-order valence-electron chi connectivity index (χ3n) is 6.02. The lowest BCUT2D eigenvalue weighted by Gasteiger charge is -2.20. The normalized spacial score (nSPS) is 11.6. The Morgan fingerprint density at radius 1 is 0.771 bits per heavy atom. The van der Waals surface area contributed by atoms with E-state index in [4.69, 9.17) is 14.2 Å². The minimum atomic E-state index is -0.189. The van der Waals surface area contributed by atoms with Gasteiger partial charge in [0, 0.05) is 12.8 Å². The number of rotatable bonds is 15. The smallest absolute Gasteiger partial charge is 0.309 e. The lowest BCUT2D eigenvalue weighted by molar-refractivity contribution is -0.148. The molecular formula is C31H38O4. The van der Waals surface area contributed by atoms with Crippen molar-refractivity contribution < 1.29 is 19.0 Å². The van der Waals surface area contributed by atoms with Crippen molar-refractivity contribution in [2.75, 3.05) is 19.8 Å². The summed E-state index contributed by atoms with van der Waals surface area (Å²) in [6.45, 7) is 5.48. The zero-order chi connectivity index (χ0) is 24.7. The molecule has 0 fully saturated rings. The highest BCUT2D eigenvalue weighted by atomic mass is 16.5. The highest BCUT2D eigenvalue weighted by Crippen LogP contribution is 2.34. The van der Waals surface area contributed by atoms with Crippen molar-refractivity contribution in [1.82, 2.24) is 0 Å². The lowest BCUT2D eigenvalue weighted by atomic mass is 9.93. The summed E-state index contributed by atoms with van der Waals surface area (Å²) < 4.78 is 17.9. The summed E-state index contributed by atoms with van der Waals surface area (Å²) >= 11 is 0. The third-order valence-corrected chi connectivity index (χ3v) is 6.02. The highest BCUT2D eigenvalue weighted by molar-refractivity contribution is 5.73. The highest BCUT2D eigenvalue weighted by Gasteiger charge is 2.23. The molecule has 3 aromatic rings. The molecule has 4 heteroatoms. The van der Waals surface area contributed by atoms with Crippen LogP contribution in [0.2, 0.25) is 0 Å². The van der Waals surface area contributed by atoms with Crippen LogP contribution < -0.4 is 9.47 Å². The molecule has 35 heavy (non-hydrogen) atoms. The van der Waals surface area contributed by atoms with Gasteiger partial charge in [0.2, 0.25) is 0 Å². The molecule has 0 heterocycles. The summed E-state index contributed by atoms with van der Waals surface area (Å²) in [4.78, 5) is 12.7. The molecule has 0 radical (unpaired) electrons. The molecule has 186 valence electrons. The van der Waals surface area contributed by atoms with E-state index in [1.807, 2.05) is 61.5 Å². The first kappa shape index (κ1) is 26.3. The predicted molar refractivity (Wildman–Crippen MR) is 141 cm³/mol. The van der Waals surface area contributed by atoms with Crippen LogP contribution in [0.15, 0.2) is 78.9 Å². The van der Waals surface area contributed by atoms with Crippen LogP contribution in [0.25, 0.3) is 0 Å². The van der Waals surface area contributed by atoms with Gasteiger partial charge in [-0.1, -0.05) is 92.6 Å². The first-order valence-electron chi connectivity index (χ1n) is 12.8. The Balaban J connectivity index is 1.77. The minimum Gasteiger partial charge on any atom is -0.489 e. The summed E-state index contributed by atoms with van der Waals surface area (Å²) in [5.41, 5.74) is 3.45. The van der Waals surface area contributed by atoms with E-state index in [2.05, 4.69) is 31.2 Å². The van der Waals surface area contributed by atoms with Crippen LogP contribution in [0.3, 0.4) is 0 Å². The van der Waals surface area contributed by atoms with Crippen LogP contribution in [0.1, 0.15) is 49.8 Å². The van der Waals surface area contributed by atoms with E-state index in [1.165, 1.54) is 11.1 Å². The first-order chi connectivity index (χ1) is 17.2. The second kappa shape index (κ2) is 14.9. The van der Waals surface area contributed by atoms with Crippen molar-refractivity contribution in [2.24, 2.45) is 5.92 Å². The Labute approximate surface area is 210 Å². The van der Waals surface area contributed by atoms with Gasteiger partial charge in [0.05, 0.1) is 25.7 Å². The number of hydrogen-bond donors (Lipinski definition) is 0. The van der Waals surface area contributed by atoms with E-state index < -0.39 is 0 Å². The molecule has 0 saturated carbocycles. The molecule has 0 N–H and O–H groups in total. The van der Waals surface area contributed by atoms with Gasteiger partial charge in [-0.05, 0) is 42.5 Å². The molecule has 3 rings (SSSR count). The van der Waals surface area contributed by atoms with Crippen molar-refractivity contribution in [3.63, 3.8) is 0 Å². The Morgan fingerprint density at radius 2 is 1.40 bits per heavy atom. The van der Waals surface area contributed by atoms with Crippen molar-refractivity contribution in [1.29, 1.82) is 0 Å². The summed E-state index contributed by atoms with van der Waals surface area (Å²) in [5, 5.41) is 0. The molecule has 0 bridgehead atoms. The maximum absolute atomic E-state index is 12.7. The molecule has 0 aliphatic carbocycles. The quantitative estimate of drug-likeness (QED) is 0.226. The van der Waals surface area contributed by atoms with Crippen LogP contribution in [0.5, 0.6) is 11.5 Å². The standard InChI is InChI=1S/C31H38O4/c1-3-5-17-28(31(32)33-4-2)24-27-18-12-19-29(34-22-20-25-13-8-6-9-14-25)30(27)35-23-21-26-15-10-7-11-16-26/h6-16,18-19,28H,3-5,17,20-24H2,1-2H3. The molecule has 0 aliphatic rings. The Hall–Kier alpha value is -3.27. The summed E-state index contributed by atoms with van der Waals surface area (Å²) in [6, 6.07) is 26.6. The van der Waals surface area contributed by atoms with Crippen molar-refractivity contribution in [3.05, 3.63) is 95.6 Å². The number of carbonyl (C=O) groups is 1. The van der Waals surface area contributed by atoms with Gasteiger partial charge >= 0.3 is 5.97 Å². The molecule has 4 nitrogen and oxygen atoms in total. The monoisotopic (exact) mass is 474 g/mol. The maximum Gasteiger partial charge on any atom is 0.309 e. The largest absolute Gasteiger partial charge is 0.489 e. The second-order valence-corrected chi connectivity index (χ2v) is 8.71. The molecular weight excluding hydrogens is 436 g/mol. The lowest BCUT2D eigenvalue weighted by Crippen LogP contribution is -2.21. The fourth-order valence-electron chi connectivity index (χ4n) is 4.12. The topological polar surface area (TPSA) is 44.8 Å². The van der Waals surface area contributed by atoms with Crippen LogP contribution >= 0.6 is 0 Å². The first-order valence-corrected chi connectivity index (χ1v) is 12.8. The Bertz CT molecular complexity index is 1000. The zero-order valence-corrected chi connectivity index (χ0v) is 21.1. The van der Waals surface area contributed by atoms with Crippen LogP contribution in [-0.2, 0) is 28.8 Å². The third kappa shape index (κ3) is 8.79. The molecule has 1 atom stereocenters. The van der Waals surface area contributed by atoms with Gasteiger partial charge < -0.3 is 14.2 Å². The Kier molecular flexibility index (Phi) is 11.2. The Morgan fingerprint density at radius 3 is 2.00 bits per heavy atom. The summed E-state index contributed by atoms with van der Waals surface area (Å²) in [5.74, 6) is 1.14. The van der Waals surface area contributed by atoms with Crippen molar-refractivity contribution in [2.45, 2.75) is 52.4 Å². The summed E-state index contributed by atoms with van der Waals surface area (Å²) in [6.07, 6.45) is 5.03. The van der Waals surface area contributed by atoms with E-state index in [1.54, 1.807) is 0 Å². The van der Waals surface area contributed by atoms with Gasteiger partial charge in [-0.2, -0.15) is 0 Å². The van der Waals surface area contributed by atoms with Gasteiger partial charge in [-0.3, -0.25) is 4.79 Å². The molecule has 0 aromatic heterocycles. The molecule has 0 amide bonds. The predicted octanol–water partition coefficient (Wildman–Crippen LogP) is 6.84. The number of carbonyl (C=O) groups excluding carboxylic acids is 1. The van der Waals surface area contributed by atoms with Gasteiger partial charge in [0.1, 0.15) is 0 Å².